The molecule has 0 bridgehead atoms. The molecule has 0 heterocycles. The highest BCUT2D eigenvalue weighted by molar-refractivity contribution is 7.61. The number of carbonyl (C=O) groups is 1. The van der Waals surface area contributed by atoms with Crippen LogP contribution in [0.3, 0.4) is 0 Å². The molecule has 2 unspecified atom stereocenters. The Hall–Kier alpha value is -1.66. The van der Waals surface area contributed by atoms with Gasteiger partial charge >= 0.3 is 37.6 Å². The predicted molar refractivity (Wildman–Crippen MR) is 157 cm³/mol. The van der Waals surface area contributed by atoms with E-state index >= 15 is 0 Å². The van der Waals surface area contributed by atoms with Crippen molar-refractivity contribution in [1.82, 2.24) is 0 Å². The molecule has 268 valence electrons. The fourth-order valence-electron chi connectivity index (χ4n) is 3.35. The fourth-order valence-corrected chi connectivity index (χ4v) is 45.1. The number of hydrogen-bond donors (Lipinski definition) is 0. The summed E-state index contributed by atoms with van der Waals surface area (Å²) in [6, 6.07) is 8.84. The highest BCUT2D eigenvalue weighted by Crippen LogP contribution is 2.26. The minimum Gasteiger partial charge on any atom is -0.423 e. The van der Waals surface area contributed by atoms with E-state index < -0.39 is 87.2 Å². The van der Waals surface area contributed by atoms with Crippen molar-refractivity contribution in [3.05, 3.63) is 24.3 Å². The Labute approximate surface area is 266 Å². The predicted octanol–water partition coefficient (Wildman–Crippen LogP) is 5.86. The molecule has 1 aromatic rings. The molecule has 0 spiro atoms. The quantitative estimate of drug-likeness (QED) is 0.204. The molecule has 1 amide bonds. The van der Waals surface area contributed by atoms with E-state index in [2.05, 4.69) is 24.6 Å². The van der Waals surface area contributed by atoms with Crippen LogP contribution in [0.4, 0.5) is 54.5 Å². The first kappa shape index (κ1) is 51.2. The van der Waals surface area contributed by atoms with E-state index in [1.54, 1.807) is 31.9 Å². The lowest BCUT2D eigenvalue weighted by Gasteiger charge is -2.33. The SMILES string of the molecule is CO[Si](C)(CC[Si](C)(C)c1cccc(N(C)C(=O)CC(F)(F)F)c1)[SiH](C)[Si](=O)[Si](C)=O.FCC(F)(F)F.FCOF.FF.O=[Si]=O. The number of benzene rings is 1. The van der Waals surface area contributed by atoms with Gasteiger partial charge in [-0.1, -0.05) is 43.0 Å². The number of halogens is 11. The Morgan fingerprint density at radius 2 is 1.43 bits per heavy atom. The third-order valence-electron chi connectivity index (χ3n) is 6.30. The van der Waals surface area contributed by atoms with Crippen molar-refractivity contribution in [3.63, 3.8) is 0 Å². The van der Waals surface area contributed by atoms with Crippen LogP contribution in [0.5, 0.6) is 0 Å². The highest BCUT2D eigenvalue weighted by atomic mass is 29.8. The van der Waals surface area contributed by atoms with Gasteiger partial charge in [-0.2, -0.15) is 31.3 Å². The number of rotatable bonds is 11. The van der Waals surface area contributed by atoms with Crippen molar-refractivity contribution < 1.29 is 80.8 Å². The Morgan fingerprint density at radius 3 is 1.76 bits per heavy atom. The van der Waals surface area contributed by atoms with Crippen LogP contribution in [-0.4, -0.2) is 94.9 Å². The van der Waals surface area contributed by atoms with Gasteiger partial charge in [0.2, 0.25) is 12.8 Å². The van der Waals surface area contributed by atoms with Crippen LogP contribution in [0.2, 0.25) is 44.8 Å². The molecule has 0 fully saturated rings. The first-order valence-corrected chi connectivity index (χ1v) is 28.3. The van der Waals surface area contributed by atoms with Crippen molar-refractivity contribution in [1.29, 1.82) is 0 Å². The molecular formula is C21H36F11NO7Si6. The van der Waals surface area contributed by atoms with Crippen molar-refractivity contribution in [2.45, 2.75) is 63.6 Å². The normalized spacial score (nSPS) is 12.7. The zero-order chi connectivity index (χ0) is 37.5. The number of nitrogens with zero attached hydrogens (tertiary/aromatic N) is 1. The number of amides is 1. The average molecular weight is 792 g/mol. The van der Waals surface area contributed by atoms with E-state index in [9.17, 15) is 53.4 Å². The lowest BCUT2D eigenvalue weighted by atomic mass is 10.2. The van der Waals surface area contributed by atoms with Gasteiger partial charge in [-0.05, 0) is 35.8 Å². The standard InChI is InChI=1S/C18H32F3NO4Si5.C2H2F4.CH2F2O.F2.O2Si/c1-22(17(23)14-18(19,20)21)15-9-8-10-16(13-15)30(5,6)11-12-31(7,26-2)28(4)29(25)27(3)24;3-1-2(4,5)6;2-1-4-3;1-2;1-3-2/h8-10,13,28H,11-12,14H2,1-7H3;1H2;1H2;;. The Balaban J connectivity index is -0.000000490. The molecule has 46 heavy (non-hydrogen) atoms. The van der Waals surface area contributed by atoms with Gasteiger partial charge in [-0.3, -0.25) is 13.7 Å². The summed E-state index contributed by atoms with van der Waals surface area (Å²) in [4.78, 5) is 15.4. The zero-order valence-corrected chi connectivity index (χ0v) is 32.0. The van der Waals surface area contributed by atoms with Crippen LogP contribution in [0.15, 0.2) is 24.3 Å². The monoisotopic (exact) mass is 791 g/mol. The van der Waals surface area contributed by atoms with Crippen molar-refractivity contribution in [2.75, 3.05) is 32.6 Å². The molecule has 0 aliphatic carbocycles. The van der Waals surface area contributed by atoms with E-state index in [1.165, 1.54) is 7.05 Å². The van der Waals surface area contributed by atoms with Gasteiger partial charge in [-0.25, -0.2) is 8.78 Å². The maximum Gasteiger partial charge on any atom is 0.549 e. The smallest absolute Gasteiger partial charge is 0.423 e. The minimum atomic E-state index is -4.62. The van der Waals surface area contributed by atoms with Crippen LogP contribution in [0.1, 0.15) is 6.42 Å². The van der Waals surface area contributed by atoms with Crippen LogP contribution < -0.4 is 10.1 Å². The Kier molecular flexibility index (Phi) is 28.2. The number of anilines is 1. The van der Waals surface area contributed by atoms with E-state index in [0.717, 1.165) is 22.2 Å². The maximum atomic E-state index is 12.6. The van der Waals surface area contributed by atoms with Gasteiger partial charge in [0.05, 0.1) is 8.07 Å². The summed E-state index contributed by atoms with van der Waals surface area (Å²) in [5.74, 6) is -0.997. The van der Waals surface area contributed by atoms with Gasteiger partial charge in [0.15, 0.2) is 14.5 Å². The lowest BCUT2D eigenvalue weighted by molar-refractivity contribution is -0.167. The molecule has 0 saturated carbocycles. The molecule has 25 heteroatoms. The summed E-state index contributed by atoms with van der Waals surface area (Å²) >= 11 is 0. The molecule has 1 rings (SSSR count). The van der Waals surface area contributed by atoms with Crippen LogP contribution in [-0.2, 0) is 32.0 Å². The Morgan fingerprint density at radius 1 is 1.00 bits per heavy atom. The number of hydrogen-bond acceptors (Lipinski definition) is 7. The molecule has 0 saturated heterocycles. The second kappa shape index (κ2) is 25.4. The summed E-state index contributed by atoms with van der Waals surface area (Å²) in [6.45, 7) is 6.44. The highest BCUT2D eigenvalue weighted by Gasteiger charge is 2.44. The molecule has 0 N–H and O–H groups in total. The molecule has 8 nitrogen and oxygen atoms in total. The first-order valence-electron chi connectivity index (χ1n) is 12.5. The molecule has 0 radical (unpaired) electrons. The second-order valence-corrected chi connectivity index (χ2v) is 39.2. The van der Waals surface area contributed by atoms with Crippen molar-refractivity contribution in [2.24, 2.45) is 0 Å². The fraction of sp³-hybridized carbons (Fsp3) is 0.667. The number of alkyl halides is 8. The maximum absolute atomic E-state index is 12.6. The van der Waals surface area contributed by atoms with E-state index in [0.29, 0.717) is 5.69 Å². The molecular weight excluding hydrogens is 756 g/mol. The summed E-state index contributed by atoms with van der Waals surface area (Å²) in [7, 11) is -8.53. The minimum absolute atomic E-state index is 0.441. The summed E-state index contributed by atoms with van der Waals surface area (Å²) in [5.41, 5.74) is 0.441. The molecule has 0 aliphatic heterocycles. The summed E-state index contributed by atoms with van der Waals surface area (Å²) in [5, 5.41) is 1.04. The van der Waals surface area contributed by atoms with E-state index in [4.69, 9.17) is 22.5 Å². The van der Waals surface area contributed by atoms with Gasteiger partial charge in [0.1, 0.15) is 14.3 Å². The van der Waals surface area contributed by atoms with Crippen molar-refractivity contribution >= 4 is 65.7 Å². The third kappa shape index (κ3) is 23.6. The largest absolute Gasteiger partial charge is 0.549 e. The van der Waals surface area contributed by atoms with Gasteiger partial charge in [0, 0.05) is 29.0 Å². The molecule has 0 aromatic heterocycles. The van der Waals surface area contributed by atoms with E-state index in [-0.39, 0.29) is 0 Å². The molecule has 2 atom stereocenters. The van der Waals surface area contributed by atoms with Gasteiger partial charge in [-0.15, -0.1) is 0 Å². The Bertz CT molecular complexity index is 1080. The summed E-state index contributed by atoms with van der Waals surface area (Å²) < 4.78 is 162. The zero-order valence-electron chi connectivity index (χ0n) is 25.9. The van der Waals surface area contributed by atoms with Gasteiger partial charge in [0.25, 0.3) is 0 Å². The second-order valence-electron chi connectivity index (χ2n) is 9.89. The van der Waals surface area contributed by atoms with Crippen LogP contribution in [0, 0.1) is 0 Å². The van der Waals surface area contributed by atoms with Crippen molar-refractivity contribution in [3.8, 4) is 0 Å². The third-order valence-corrected chi connectivity index (χ3v) is 45.2. The van der Waals surface area contributed by atoms with E-state index in [1.807, 2.05) is 12.6 Å². The summed E-state index contributed by atoms with van der Waals surface area (Å²) in [6.07, 6.45) is -10.7. The number of carbonyl (C=O) groups excluding carboxylic acids is 1. The molecule has 0 aliphatic rings. The van der Waals surface area contributed by atoms with Crippen LogP contribution in [0.25, 0.3) is 0 Å². The first-order chi connectivity index (χ1) is 20.9. The topological polar surface area (TPSA) is 107 Å². The lowest BCUT2D eigenvalue weighted by Crippen LogP contribution is -2.58. The molecule has 1 aromatic carbocycles. The van der Waals surface area contributed by atoms with Gasteiger partial charge < -0.3 is 18.2 Å². The van der Waals surface area contributed by atoms with Crippen LogP contribution >= 0.6 is 0 Å². The average Bonchev–Trinajstić information content (AvgIpc) is 2.99.